The van der Waals surface area contributed by atoms with Crippen molar-refractivity contribution >= 4 is 35.4 Å². The molecule has 2 aromatic heterocycles. The summed E-state index contributed by atoms with van der Waals surface area (Å²) in [5, 5.41) is 13.1. The number of anilines is 2. The molecule has 1 aliphatic carbocycles. The average molecular weight is 421 g/mol. The van der Waals surface area contributed by atoms with Crippen LogP contribution >= 0.6 is 0 Å². The Morgan fingerprint density at radius 1 is 1.29 bits per heavy atom. The van der Waals surface area contributed by atoms with Gasteiger partial charge in [-0.25, -0.2) is 4.39 Å². The predicted molar refractivity (Wildman–Crippen MR) is 112 cm³/mol. The molecule has 10 heteroatoms. The number of hydrogen-bond acceptors (Lipinski definition) is 7. The maximum absolute atomic E-state index is 13.8. The first-order chi connectivity index (χ1) is 15.0. The lowest BCUT2D eigenvalue weighted by Crippen LogP contribution is -2.19. The van der Waals surface area contributed by atoms with E-state index in [9.17, 15) is 14.0 Å². The number of nitrogens with one attached hydrogen (secondary N) is 3. The molecule has 31 heavy (non-hydrogen) atoms. The van der Waals surface area contributed by atoms with E-state index in [-0.39, 0.29) is 18.1 Å². The smallest absolute Gasteiger partial charge is 0.254 e. The van der Waals surface area contributed by atoms with Gasteiger partial charge in [0.25, 0.3) is 5.91 Å². The van der Waals surface area contributed by atoms with Crippen LogP contribution in [0.25, 0.3) is 11.7 Å². The quantitative estimate of drug-likeness (QED) is 0.413. The van der Waals surface area contributed by atoms with Crippen molar-refractivity contribution in [2.45, 2.75) is 38.8 Å². The van der Waals surface area contributed by atoms with Crippen molar-refractivity contribution in [3.05, 3.63) is 52.5 Å². The summed E-state index contributed by atoms with van der Waals surface area (Å²) in [6, 6.07) is 5.39. The Labute approximate surface area is 176 Å². The van der Waals surface area contributed by atoms with Crippen molar-refractivity contribution < 1.29 is 14.0 Å². The fraction of sp³-hybridized carbons (Fsp3) is 0.286. The Morgan fingerprint density at radius 3 is 2.84 bits per heavy atom. The summed E-state index contributed by atoms with van der Waals surface area (Å²) in [5.74, 6) is -0.119. The highest BCUT2D eigenvalue weighted by Crippen LogP contribution is 2.26. The minimum atomic E-state index is -0.408. The summed E-state index contributed by atoms with van der Waals surface area (Å²) < 4.78 is 15.4. The van der Waals surface area contributed by atoms with Gasteiger partial charge in [0.1, 0.15) is 5.82 Å². The molecule has 1 aromatic carbocycles. The van der Waals surface area contributed by atoms with Gasteiger partial charge in [-0.3, -0.25) is 14.9 Å². The average Bonchev–Trinajstić information content (AvgIpc) is 3.37. The van der Waals surface area contributed by atoms with Gasteiger partial charge in [-0.05, 0) is 43.0 Å². The number of rotatable bonds is 6. The second-order valence-corrected chi connectivity index (χ2v) is 7.79. The molecular formula is C21H20FN7O2. The van der Waals surface area contributed by atoms with E-state index in [4.69, 9.17) is 0 Å². The number of benzene rings is 1. The first-order valence-corrected chi connectivity index (χ1v) is 10.0. The van der Waals surface area contributed by atoms with Gasteiger partial charge in [0.15, 0.2) is 5.65 Å². The molecule has 1 saturated heterocycles. The maximum atomic E-state index is 13.8. The van der Waals surface area contributed by atoms with Crippen LogP contribution in [-0.4, -0.2) is 37.4 Å². The molecule has 5 rings (SSSR count). The van der Waals surface area contributed by atoms with E-state index in [0.717, 1.165) is 18.4 Å². The third-order valence-electron chi connectivity index (χ3n) is 5.22. The molecule has 1 aliphatic heterocycles. The highest BCUT2D eigenvalue weighted by molar-refractivity contribution is 6.15. The topological polar surface area (TPSA) is 113 Å². The largest absolute Gasteiger partial charge is 0.351 e. The number of aromatic nitrogens is 4. The van der Waals surface area contributed by atoms with E-state index in [1.54, 1.807) is 29.8 Å². The summed E-state index contributed by atoms with van der Waals surface area (Å²) in [6.45, 7) is 2.06. The van der Waals surface area contributed by atoms with Crippen LogP contribution in [-0.2, 0) is 16.1 Å². The van der Waals surface area contributed by atoms with Crippen molar-refractivity contribution in [1.29, 1.82) is 0 Å². The summed E-state index contributed by atoms with van der Waals surface area (Å²) in [4.78, 5) is 32.5. The first kappa shape index (κ1) is 19.2. The van der Waals surface area contributed by atoms with E-state index in [2.05, 4.69) is 31.0 Å². The lowest BCUT2D eigenvalue weighted by Gasteiger charge is -2.10. The molecule has 0 bridgehead atoms. The summed E-state index contributed by atoms with van der Waals surface area (Å²) in [6.07, 6.45) is 5.34. The number of carbonyl (C=O) groups excluding carboxylic acids is 2. The van der Waals surface area contributed by atoms with Gasteiger partial charge in [0.2, 0.25) is 17.8 Å². The molecule has 0 spiro atoms. The zero-order chi connectivity index (χ0) is 21.5. The Morgan fingerprint density at radius 2 is 2.13 bits per heavy atom. The zero-order valence-electron chi connectivity index (χ0n) is 16.8. The normalized spacial score (nSPS) is 17.4. The minimum absolute atomic E-state index is 0.0263. The highest BCUT2D eigenvalue weighted by atomic mass is 19.1. The molecule has 0 atom stereocenters. The van der Waals surface area contributed by atoms with Crippen LogP contribution in [0.4, 0.5) is 16.3 Å². The van der Waals surface area contributed by atoms with Gasteiger partial charge in [0, 0.05) is 23.7 Å². The SMILES string of the molecule is Cc1ccc(CNc2nc(NC3CC3)n3ncc(/C=C4\CC(=O)NC4=O)c3n2)cc1F. The van der Waals surface area contributed by atoms with Crippen molar-refractivity contribution in [2.75, 3.05) is 10.6 Å². The van der Waals surface area contributed by atoms with E-state index in [1.165, 1.54) is 6.07 Å². The number of carbonyl (C=O) groups is 2. The van der Waals surface area contributed by atoms with Crippen LogP contribution in [0, 0.1) is 12.7 Å². The zero-order valence-corrected chi connectivity index (χ0v) is 16.8. The molecule has 2 fully saturated rings. The molecule has 3 heterocycles. The summed E-state index contributed by atoms with van der Waals surface area (Å²) >= 11 is 0. The number of hydrogen-bond donors (Lipinski definition) is 3. The fourth-order valence-corrected chi connectivity index (χ4v) is 3.32. The molecule has 0 unspecified atom stereocenters. The van der Waals surface area contributed by atoms with Crippen LogP contribution in [0.1, 0.15) is 36.0 Å². The molecule has 0 radical (unpaired) electrons. The van der Waals surface area contributed by atoms with Crippen molar-refractivity contribution in [1.82, 2.24) is 24.9 Å². The minimum Gasteiger partial charge on any atom is -0.351 e. The van der Waals surface area contributed by atoms with E-state index in [1.807, 2.05) is 6.07 Å². The number of imide groups is 1. The molecule has 3 aromatic rings. The van der Waals surface area contributed by atoms with Crippen LogP contribution in [0.2, 0.25) is 0 Å². The Kier molecular flexibility index (Phi) is 4.61. The van der Waals surface area contributed by atoms with Crippen LogP contribution in [0.5, 0.6) is 0 Å². The Balaban J connectivity index is 1.48. The lowest BCUT2D eigenvalue weighted by atomic mass is 10.1. The standard InChI is InChI=1S/C21H20FN7O2/c1-11-2-3-12(6-16(11)22)9-23-20-27-18-14(7-13-8-17(30)26-19(13)31)10-24-29(18)21(28-20)25-15-4-5-15/h2-3,6-7,10,15H,4-5,8-9H2,1H3,(H,26,30,31)(H2,23,25,27,28)/b13-7+. The number of nitrogens with zero attached hydrogens (tertiary/aromatic N) is 4. The van der Waals surface area contributed by atoms with Crippen molar-refractivity contribution in [3.8, 4) is 0 Å². The van der Waals surface area contributed by atoms with Crippen LogP contribution < -0.4 is 16.0 Å². The van der Waals surface area contributed by atoms with E-state index in [0.29, 0.717) is 46.8 Å². The molecule has 2 amide bonds. The summed E-state index contributed by atoms with van der Waals surface area (Å²) in [7, 11) is 0. The van der Waals surface area contributed by atoms with Gasteiger partial charge in [-0.2, -0.15) is 19.6 Å². The van der Waals surface area contributed by atoms with Gasteiger partial charge >= 0.3 is 0 Å². The fourth-order valence-electron chi connectivity index (χ4n) is 3.32. The molecule has 158 valence electrons. The molecule has 2 aliphatic rings. The van der Waals surface area contributed by atoms with Gasteiger partial charge < -0.3 is 10.6 Å². The van der Waals surface area contributed by atoms with Crippen molar-refractivity contribution in [2.24, 2.45) is 0 Å². The molecular weight excluding hydrogens is 401 g/mol. The molecule has 9 nitrogen and oxygen atoms in total. The maximum Gasteiger partial charge on any atom is 0.254 e. The Hall–Kier alpha value is -3.82. The van der Waals surface area contributed by atoms with Gasteiger partial charge in [-0.1, -0.05) is 12.1 Å². The number of amides is 2. The first-order valence-electron chi connectivity index (χ1n) is 10.0. The molecule has 3 N–H and O–H groups in total. The van der Waals surface area contributed by atoms with Crippen LogP contribution in [0.15, 0.2) is 30.0 Å². The third kappa shape index (κ3) is 3.96. The predicted octanol–water partition coefficient (Wildman–Crippen LogP) is 2.19. The van der Waals surface area contributed by atoms with E-state index >= 15 is 0 Å². The van der Waals surface area contributed by atoms with E-state index < -0.39 is 5.91 Å². The summed E-state index contributed by atoms with van der Waals surface area (Å²) in [5.41, 5.74) is 2.81. The number of aryl methyl sites for hydroxylation is 1. The second-order valence-electron chi connectivity index (χ2n) is 7.79. The van der Waals surface area contributed by atoms with Crippen molar-refractivity contribution in [3.63, 3.8) is 0 Å². The number of halogens is 1. The third-order valence-corrected chi connectivity index (χ3v) is 5.22. The Bertz CT molecular complexity index is 1250. The van der Waals surface area contributed by atoms with Gasteiger partial charge in [-0.15, -0.1) is 0 Å². The lowest BCUT2D eigenvalue weighted by molar-refractivity contribution is -0.124. The second kappa shape index (κ2) is 7.46. The monoisotopic (exact) mass is 421 g/mol. The molecule has 1 saturated carbocycles. The van der Waals surface area contributed by atoms with Crippen LogP contribution in [0.3, 0.4) is 0 Å². The highest BCUT2D eigenvalue weighted by Gasteiger charge is 2.26. The number of fused-ring (bicyclic) bond motifs is 1. The van der Waals surface area contributed by atoms with Gasteiger partial charge in [0.05, 0.1) is 12.6 Å².